The van der Waals surface area contributed by atoms with Gasteiger partial charge in [0.25, 0.3) is 0 Å². The predicted octanol–water partition coefficient (Wildman–Crippen LogP) is 1.93. The Morgan fingerprint density at radius 3 is 2.59 bits per heavy atom. The lowest BCUT2D eigenvalue weighted by Gasteiger charge is -2.11. The van der Waals surface area contributed by atoms with E-state index in [-0.39, 0.29) is 0 Å². The maximum absolute atomic E-state index is 10.0. The van der Waals surface area contributed by atoms with Crippen molar-refractivity contribution in [3.63, 3.8) is 0 Å². The highest BCUT2D eigenvalue weighted by Crippen LogP contribution is 2.18. The second-order valence-corrected chi connectivity index (χ2v) is 4.03. The van der Waals surface area contributed by atoms with E-state index in [0.717, 1.165) is 16.9 Å². The van der Waals surface area contributed by atoms with Crippen LogP contribution in [-0.4, -0.2) is 22.0 Å². The van der Waals surface area contributed by atoms with Gasteiger partial charge in [-0.05, 0) is 30.2 Å². The molecule has 0 spiro atoms. The Balaban J connectivity index is 2.06. The minimum atomic E-state index is -0.555. The number of hydrogen-bond donors (Lipinski definition) is 1. The van der Waals surface area contributed by atoms with Crippen LogP contribution in [0.2, 0.25) is 0 Å². The predicted molar refractivity (Wildman–Crippen MR) is 64.9 cm³/mol. The van der Waals surface area contributed by atoms with Crippen molar-refractivity contribution in [3.05, 3.63) is 47.8 Å². The molecule has 0 saturated carbocycles. The van der Waals surface area contributed by atoms with E-state index in [1.807, 2.05) is 37.4 Å². The first kappa shape index (κ1) is 11.7. The summed E-state index contributed by atoms with van der Waals surface area (Å²) in [4.78, 5) is 0. The molecule has 1 unspecified atom stereocenters. The van der Waals surface area contributed by atoms with Crippen LogP contribution in [0.5, 0.6) is 5.75 Å². The lowest BCUT2D eigenvalue weighted by molar-refractivity contribution is 0.151. The van der Waals surface area contributed by atoms with Crippen LogP contribution >= 0.6 is 0 Å². The van der Waals surface area contributed by atoms with Gasteiger partial charge in [0.2, 0.25) is 0 Å². The van der Waals surface area contributed by atoms with Crippen LogP contribution in [0.1, 0.15) is 17.2 Å². The molecule has 0 aliphatic carbocycles. The fourth-order valence-corrected chi connectivity index (χ4v) is 1.68. The summed E-state index contributed by atoms with van der Waals surface area (Å²) in [6.07, 6.45) is 3.13. The Labute approximate surface area is 100 Å². The van der Waals surface area contributed by atoms with Gasteiger partial charge in [-0.25, -0.2) is 0 Å². The van der Waals surface area contributed by atoms with Gasteiger partial charge in [0, 0.05) is 6.20 Å². The third kappa shape index (κ3) is 2.85. The van der Waals surface area contributed by atoms with Crippen LogP contribution in [0.3, 0.4) is 0 Å². The topological polar surface area (TPSA) is 47.3 Å². The zero-order valence-electron chi connectivity index (χ0n) is 10.00. The molecule has 0 aliphatic rings. The molecule has 0 fully saturated rings. The van der Waals surface area contributed by atoms with E-state index in [4.69, 9.17) is 4.74 Å². The zero-order chi connectivity index (χ0) is 12.3. The molecule has 0 aliphatic heterocycles. The quantitative estimate of drug-likeness (QED) is 0.876. The van der Waals surface area contributed by atoms with Gasteiger partial charge in [0.05, 0.1) is 26.0 Å². The van der Waals surface area contributed by atoms with Crippen molar-refractivity contribution < 1.29 is 9.84 Å². The number of aliphatic hydroxyl groups is 1. The van der Waals surface area contributed by atoms with Crippen LogP contribution in [0, 0.1) is 6.92 Å². The Bertz CT molecular complexity index is 476. The van der Waals surface area contributed by atoms with Crippen molar-refractivity contribution >= 4 is 0 Å². The molecule has 2 aromatic rings. The summed E-state index contributed by atoms with van der Waals surface area (Å²) in [6.45, 7) is 2.43. The Hall–Kier alpha value is -1.81. The lowest BCUT2D eigenvalue weighted by Crippen LogP contribution is -2.08. The van der Waals surface area contributed by atoms with Crippen molar-refractivity contribution in [3.8, 4) is 5.75 Å². The SMILES string of the molecule is COc1ccc(C(O)Cn2cc(C)cn2)cc1. The fourth-order valence-electron chi connectivity index (χ4n) is 1.68. The number of methoxy groups -OCH3 is 1. The molecule has 90 valence electrons. The number of hydrogen-bond acceptors (Lipinski definition) is 3. The van der Waals surface area contributed by atoms with Gasteiger partial charge in [-0.15, -0.1) is 0 Å². The fraction of sp³-hybridized carbons (Fsp3) is 0.308. The average molecular weight is 232 g/mol. The lowest BCUT2D eigenvalue weighted by atomic mass is 10.1. The van der Waals surface area contributed by atoms with Gasteiger partial charge >= 0.3 is 0 Å². The number of aliphatic hydroxyl groups excluding tert-OH is 1. The number of benzene rings is 1. The molecule has 1 N–H and O–H groups in total. The van der Waals surface area contributed by atoms with Crippen LogP contribution in [0.25, 0.3) is 0 Å². The Morgan fingerprint density at radius 1 is 1.35 bits per heavy atom. The summed E-state index contributed by atoms with van der Waals surface area (Å²) in [5.74, 6) is 0.788. The molecular weight excluding hydrogens is 216 g/mol. The van der Waals surface area contributed by atoms with Crippen molar-refractivity contribution in [1.82, 2.24) is 9.78 Å². The van der Waals surface area contributed by atoms with E-state index in [0.29, 0.717) is 6.54 Å². The minimum Gasteiger partial charge on any atom is -0.497 e. The van der Waals surface area contributed by atoms with Gasteiger partial charge in [-0.3, -0.25) is 4.68 Å². The Kier molecular flexibility index (Phi) is 3.44. The molecule has 0 radical (unpaired) electrons. The molecule has 2 rings (SSSR count). The molecule has 1 heterocycles. The molecule has 0 amide bonds. The first-order valence-electron chi connectivity index (χ1n) is 5.50. The summed E-state index contributed by atoms with van der Waals surface area (Å²) in [6, 6.07) is 7.40. The molecule has 1 aromatic heterocycles. The highest BCUT2D eigenvalue weighted by atomic mass is 16.5. The van der Waals surface area contributed by atoms with E-state index < -0.39 is 6.10 Å². The maximum atomic E-state index is 10.0. The monoisotopic (exact) mass is 232 g/mol. The Morgan fingerprint density at radius 2 is 2.06 bits per heavy atom. The molecule has 1 aromatic carbocycles. The van der Waals surface area contributed by atoms with Gasteiger partial charge in [0.1, 0.15) is 5.75 Å². The van der Waals surface area contributed by atoms with Crippen molar-refractivity contribution in [1.29, 1.82) is 0 Å². The molecular formula is C13H16N2O2. The first-order valence-corrected chi connectivity index (χ1v) is 5.50. The number of aromatic nitrogens is 2. The van der Waals surface area contributed by atoms with Crippen LogP contribution in [-0.2, 0) is 6.54 Å². The summed E-state index contributed by atoms with van der Waals surface area (Å²) in [7, 11) is 1.62. The van der Waals surface area contributed by atoms with E-state index in [2.05, 4.69) is 5.10 Å². The van der Waals surface area contributed by atoms with Crippen LogP contribution < -0.4 is 4.74 Å². The van der Waals surface area contributed by atoms with E-state index in [1.165, 1.54) is 0 Å². The third-order valence-electron chi connectivity index (χ3n) is 2.62. The van der Waals surface area contributed by atoms with Gasteiger partial charge in [-0.1, -0.05) is 12.1 Å². The normalized spacial score (nSPS) is 12.4. The van der Waals surface area contributed by atoms with Crippen LogP contribution in [0.4, 0.5) is 0 Å². The highest BCUT2D eigenvalue weighted by molar-refractivity contribution is 5.28. The molecule has 0 saturated heterocycles. The second kappa shape index (κ2) is 5.01. The van der Waals surface area contributed by atoms with Crippen LogP contribution in [0.15, 0.2) is 36.7 Å². The van der Waals surface area contributed by atoms with Crippen molar-refractivity contribution in [2.45, 2.75) is 19.6 Å². The summed E-state index contributed by atoms with van der Waals surface area (Å²) >= 11 is 0. The summed E-state index contributed by atoms with van der Waals surface area (Å²) in [5, 5.41) is 14.2. The molecule has 4 nitrogen and oxygen atoms in total. The van der Waals surface area contributed by atoms with Crippen molar-refractivity contribution in [2.24, 2.45) is 0 Å². The minimum absolute atomic E-state index is 0.459. The molecule has 1 atom stereocenters. The molecule has 17 heavy (non-hydrogen) atoms. The number of aryl methyl sites for hydroxylation is 1. The average Bonchev–Trinajstić information content (AvgIpc) is 2.75. The van der Waals surface area contributed by atoms with E-state index >= 15 is 0 Å². The first-order chi connectivity index (χ1) is 8.19. The molecule has 0 bridgehead atoms. The van der Waals surface area contributed by atoms with E-state index in [1.54, 1.807) is 18.0 Å². The van der Waals surface area contributed by atoms with Crippen molar-refractivity contribution in [2.75, 3.05) is 7.11 Å². The summed E-state index contributed by atoms with van der Waals surface area (Å²) in [5.41, 5.74) is 1.95. The number of ether oxygens (including phenoxy) is 1. The largest absolute Gasteiger partial charge is 0.497 e. The standard InChI is InChI=1S/C13H16N2O2/c1-10-7-14-15(8-10)9-13(16)11-3-5-12(17-2)6-4-11/h3-8,13,16H,9H2,1-2H3. The van der Waals surface area contributed by atoms with Gasteiger partial charge in [-0.2, -0.15) is 5.10 Å². The summed E-state index contributed by atoms with van der Waals surface area (Å²) < 4.78 is 6.81. The maximum Gasteiger partial charge on any atom is 0.118 e. The highest BCUT2D eigenvalue weighted by Gasteiger charge is 2.08. The zero-order valence-corrected chi connectivity index (χ0v) is 10.00. The molecule has 4 heteroatoms. The van der Waals surface area contributed by atoms with Gasteiger partial charge in [0.15, 0.2) is 0 Å². The number of rotatable bonds is 4. The van der Waals surface area contributed by atoms with E-state index in [9.17, 15) is 5.11 Å². The second-order valence-electron chi connectivity index (χ2n) is 4.03. The smallest absolute Gasteiger partial charge is 0.118 e. The third-order valence-corrected chi connectivity index (χ3v) is 2.62. The number of nitrogens with zero attached hydrogens (tertiary/aromatic N) is 2. The van der Waals surface area contributed by atoms with Gasteiger partial charge < -0.3 is 9.84 Å².